The number of pyridine rings is 2. The smallest absolute Gasteiger partial charge is 0.150 e. The van der Waals surface area contributed by atoms with Gasteiger partial charge < -0.3 is 5.32 Å². The first kappa shape index (κ1) is 14.3. The Hall–Kier alpha value is -3.28. The molecule has 0 atom stereocenters. The summed E-state index contributed by atoms with van der Waals surface area (Å²) in [5, 5.41) is 4.37. The molecule has 6 nitrogen and oxygen atoms in total. The molecule has 0 aliphatic rings. The van der Waals surface area contributed by atoms with E-state index in [1.807, 2.05) is 30.5 Å². The Bertz CT molecular complexity index is 992. The van der Waals surface area contributed by atoms with Gasteiger partial charge in [-0.25, -0.2) is 9.97 Å². The van der Waals surface area contributed by atoms with Crippen molar-refractivity contribution in [2.24, 2.45) is 0 Å². The fourth-order valence-corrected chi connectivity index (χ4v) is 2.87. The van der Waals surface area contributed by atoms with Crippen LogP contribution in [-0.4, -0.2) is 24.5 Å². The number of nitrogens with one attached hydrogen (secondary N) is 1. The zero-order valence-electron chi connectivity index (χ0n) is 13.4. The first-order valence-electron chi connectivity index (χ1n) is 7.66. The molecule has 0 spiro atoms. The van der Waals surface area contributed by atoms with Gasteiger partial charge in [-0.2, -0.15) is 0 Å². The maximum atomic E-state index is 4.51. The second-order valence-corrected chi connectivity index (χ2v) is 5.54. The fourth-order valence-electron chi connectivity index (χ4n) is 2.87. The SMILES string of the molecule is Cc1c(C)n(-c2cccnc2)c2ncnc(Nc3ccncc3)c12. The van der Waals surface area contributed by atoms with Crippen LogP contribution in [0.1, 0.15) is 11.3 Å². The van der Waals surface area contributed by atoms with Gasteiger partial charge in [-0.3, -0.25) is 14.5 Å². The number of hydrogen-bond acceptors (Lipinski definition) is 5. The number of aromatic nitrogens is 5. The van der Waals surface area contributed by atoms with E-state index in [1.165, 1.54) is 0 Å². The fraction of sp³-hybridized carbons (Fsp3) is 0.111. The average molecular weight is 316 g/mol. The van der Waals surface area contributed by atoms with Gasteiger partial charge in [-0.05, 0) is 43.7 Å². The molecular formula is C18H16N6. The number of rotatable bonds is 3. The second kappa shape index (κ2) is 5.73. The van der Waals surface area contributed by atoms with Crippen LogP contribution in [-0.2, 0) is 0 Å². The monoisotopic (exact) mass is 316 g/mol. The highest BCUT2D eigenvalue weighted by Crippen LogP contribution is 2.32. The molecule has 1 N–H and O–H groups in total. The van der Waals surface area contributed by atoms with Gasteiger partial charge in [0, 0.05) is 30.0 Å². The van der Waals surface area contributed by atoms with Crippen molar-refractivity contribution in [1.29, 1.82) is 0 Å². The number of aryl methyl sites for hydroxylation is 1. The summed E-state index contributed by atoms with van der Waals surface area (Å²) in [6, 6.07) is 7.77. The molecule has 0 aliphatic heterocycles. The van der Waals surface area contributed by atoms with Crippen LogP contribution in [0.3, 0.4) is 0 Å². The van der Waals surface area contributed by atoms with Crippen molar-refractivity contribution in [2.75, 3.05) is 5.32 Å². The quantitative estimate of drug-likeness (QED) is 0.626. The van der Waals surface area contributed by atoms with Crippen molar-refractivity contribution in [1.82, 2.24) is 24.5 Å². The largest absolute Gasteiger partial charge is 0.339 e. The Kier molecular flexibility index (Phi) is 3.42. The molecule has 0 bridgehead atoms. The van der Waals surface area contributed by atoms with Crippen LogP contribution in [0.2, 0.25) is 0 Å². The molecule has 118 valence electrons. The van der Waals surface area contributed by atoms with Gasteiger partial charge in [0.1, 0.15) is 12.1 Å². The van der Waals surface area contributed by atoms with Gasteiger partial charge in [0.15, 0.2) is 5.65 Å². The molecule has 4 rings (SSSR count). The van der Waals surface area contributed by atoms with Gasteiger partial charge in [0.05, 0.1) is 17.3 Å². The predicted octanol–water partition coefficient (Wildman–Crippen LogP) is 3.57. The summed E-state index contributed by atoms with van der Waals surface area (Å²) < 4.78 is 2.11. The zero-order chi connectivity index (χ0) is 16.5. The van der Waals surface area contributed by atoms with Gasteiger partial charge in [0.2, 0.25) is 0 Å². The van der Waals surface area contributed by atoms with E-state index in [0.29, 0.717) is 0 Å². The summed E-state index contributed by atoms with van der Waals surface area (Å²) in [7, 11) is 0. The second-order valence-electron chi connectivity index (χ2n) is 5.54. The molecule has 6 heteroatoms. The van der Waals surface area contributed by atoms with Gasteiger partial charge in [-0.15, -0.1) is 0 Å². The van der Waals surface area contributed by atoms with E-state index < -0.39 is 0 Å². The predicted molar refractivity (Wildman–Crippen MR) is 93.7 cm³/mol. The van der Waals surface area contributed by atoms with Crippen LogP contribution < -0.4 is 5.32 Å². The summed E-state index contributed by atoms with van der Waals surface area (Å²) in [5.41, 5.74) is 5.06. The molecule has 0 saturated heterocycles. The molecule has 24 heavy (non-hydrogen) atoms. The average Bonchev–Trinajstić information content (AvgIpc) is 2.88. The van der Waals surface area contributed by atoms with Crippen molar-refractivity contribution in [3.63, 3.8) is 0 Å². The summed E-state index contributed by atoms with van der Waals surface area (Å²) >= 11 is 0. The summed E-state index contributed by atoms with van der Waals surface area (Å²) in [5.74, 6) is 0.787. The van der Waals surface area contributed by atoms with Crippen molar-refractivity contribution >= 4 is 22.5 Å². The van der Waals surface area contributed by atoms with Crippen molar-refractivity contribution in [3.8, 4) is 5.69 Å². The van der Waals surface area contributed by atoms with E-state index in [9.17, 15) is 0 Å². The van der Waals surface area contributed by atoms with Crippen LogP contribution in [0.4, 0.5) is 11.5 Å². The molecule has 0 unspecified atom stereocenters. The number of hydrogen-bond donors (Lipinski definition) is 1. The number of fused-ring (bicyclic) bond motifs is 1. The van der Waals surface area contributed by atoms with Gasteiger partial charge in [-0.1, -0.05) is 0 Å². The Morgan fingerprint density at radius 2 is 1.79 bits per heavy atom. The highest BCUT2D eigenvalue weighted by molar-refractivity contribution is 5.94. The highest BCUT2D eigenvalue weighted by atomic mass is 15.1. The van der Waals surface area contributed by atoms with Crippen molar-refractivity contribution in [3.05, 3.63) is 66.6 Å². The molecule has 4 heterocycles. The summed E-state index contributed by atoms with van der Waals surface area (Å²) in [6.07, 6.45) is 8.68. The lowest BCUT2D eigenvalue weighted by Gasteiger charge is -2.08. The maximum Gasteiger partial charge on any atom is 0.150 e. The third-order valence-electron chi connectivity index (χ3n) is 4.14. The Labute approximate surface area is 139 Å². The molecule has 0 radical (unpaired) electrons. The third-order valence-corrected chi connectivity index (χ3v) is 4.14. The molecule has 0 fully saturated rings. The minimum absolute atomic E-state index is 0.787. The Morgan fingerprint density at radius 3 is 2.54 bits per heavy atom. The van der Waals surface area contributed by atoms with E-state index in [1.54, 1.807) is 24.9 Å². The molecule has 4 aromatic rings. The maximum absolute atomic E-state index is 4.51. The molecule has 4 aromatic heterocycles. The van der Waals surface area contributed by atoms with Crippen LogP contribution in [0, 0.1) is 13.8 Å². The third kappa shape index (κ3) is 2.28. The van der Waals surface area contributed by atoms with E-state index in [2.05, 4.69) is 43.7 Å². The van der Waals surface area contributed by atoms with Crippen molar-refractivity contribution in [2.45, 2.75) is 13.8 Å². The van der Waals surface area contributed by atoms with Crippen LogP contribution in [0.15, 0.2) is 55.4 Å². The Morgan fingerprint density at radius 1 is 0.958 bits per heavy atom. The van der Waals surface area contributed by atoms with Crippen LogP contribution in [0.25, 0.3) is 16.7 Å². The van der Waals surface area contributed by atoms with Crippen LogP contribution >= 0.6 is 0 Å². The molecule has 0 aromatic carbocycles. The number of nitrogens with zero attached hydrogens (tertiary/aromatic N) is 5. The van der Waals surface area contributed by atoms with Gasteiger partial charge >= 0.3 is 0 Å². The molecule has 0 aliphatic carbocycles. The standard InChI is InChI=1S/C18H16N6/c1-12-13(2)24(15-4-3-7-20-10-15)18-16(12)17(21-11-22-18)23-14-5-8-19-9-6-14/h3-11H,1-2H3,(H,19,21,22,23). The van der Waals surface area contributed by atoms with Crippen molar-refractivity contribution < 1.29 is 0 Å². The van der Waals surface area contributed by atoms with Gasteiger partial charge in [0.25, 0.3) is 0 Å². The van der Waals surface area contributed by atoms with E-state index in [-0.39, 0.29) is 0 Å². The lowest BCUT2D eigenvalue weighted by atomic mass is 10.2. The number of anilines is 2. The summed E-state index contributed by atoms with van der Waals surface area (Å²) in [6.45, 7) is 4.17. The topological polar surface area (TPSA) is 68.5 Å². The minimum atomic E-state index is 0.787. The van der Waals surface area contributed by atoms with E-state index >= 15 is 0 Å². The molecule has 0 amide bonds. The van der Waals surface area contributed by atoms with E-state index in [0.717, 1.165) is 39.5 Å². The summed E-state index contributed by atoms with van der Waals surface area (Å²) in [4.78, 5) is 17.2. The first-order valence-corrected chi connectivity index (χ1v) is 7.66. The first-order chi connectivity index (χ1) is 11.8. The highest BCUT2D eigenvalue weighted by Gasteiger charge is 2.17. The van der Waals surface area contributed by atoms with E-state index in [4.69, 9.17) is 0 Å². The minimum Gasteiger partial charge on any atom is -0.339 e. The normalized spacial score (nSPS) is 10.9. The zero-order valence-corrected chi connectivity index (χ0v) is 13.4. The lowest BCUT2D eigenvalue weighted by Crippen LogP contribution is -2.00. The lowest BCUT2D eigenvalue weighted by molar-refractivity contribution is 1.00. The molecule has 0 saturated carbocycles. The molecular weight excluding hydrogens is 300 g/mol. The Balaban J connectivity index is 1.93. The van der Waals surface area contributed by atoms with Crippen LogP contribution in [0.5, 0.6) is 0 Å².